The van der Waals surface area contributed by atoms with Crippen molar-refractivity contribution < 1.29 is 21.8 Å². The summed E-state index contributed by atoms with van der Waals surface area (Å²) >= 11 is 0. The topological polar surface area (TPSA) is 8.81 Å². The summed E-state index contributed by atoms with van der Waals surface area (Å²) in [5.41, 5.74) is 4.35. The van der Waals surface area contributed by atoms with Crippen molar-refractivity contribution in [1.82, 2.24) is 4.57 Å². The van der Waals surface area contributed by atoms with Crippen LogP contribution in [0.5, 0.6) is 0 Å². The molecule has 0 radical (unpaired) electrons. The van der Waals surface area contributed by atoms with Crippen LogP contribution in [0, 0.1) is 0 Å². The summed E-state index contributed by atoms with van der Waals surface area (Å²) in [6.45, 7) is 9.28. The highest BCUT2D eigenvalue weighted by atomic mass is 19.5. The number of aromatic nitrogens is 2. The molecule has 0 atom stereocenters. The molecule has 7 heteroatoms. The normalized spacial score (nSPS) is 17.1. The second-order valence-electron chi connectivity index (χ2n) is 10.3. The van der Waals surface area contributed by atoms with Gasteiger partial charge in [-0.15, -0.1) is 0 Å². The number of hydrogen-bond donors (Lipinski definition) is 0. The van der Waals surface area contributed by atoms with Gasteiger partial charge in [0.15, 0.2) is 0 Å². The van der Waals surface area contributed by atoms with Crippen LogP contribution in [-0.2, 0) is 0 Å². The largest absolute Gasteiger partial charge is 0.673 e. The quantitative estimate of drug-likeness (QED) is 0.233. The minimum Gasteiger partial charge on any atom is -0.418 e. The van der Waals surface area contributed by atoms with Crippen LogP contribution in [0.4, 0.5) is 17.3 Å². The SMILES string of the molecule is CC(C)c1cccc(-n2cc[n+](C3CCCCCCCCCCC3)c2)c1C(C)C.F[B-](F)(F)F. The lowest BCUT2D eigenvalue weighted by Crippen LogP contribution is -2.37. The number of halogens is 4. The third-order valence-electron chi connectivity index (χ3n) is 6.75. The highest BCUT2D eigenvalue weighted by Crippen LogP contribution is 2.31. The minimum absolute atomic E-state index is 0.529. The summed E-state index contributed by atoms with van der Waals surface area (Å²) in [7, 11) is -6.00. The van der Waals surface area contributed by atoms with Crippen molar-refractivity contribution in [2.24, 2.45) is 0 Å². The Hall–Kier alpha value is -1.79. The van der Waals surface area contributed by atoms with Crippen molar-refractivity contribution in [3.63, 3.8) is 0 Å². The fourth-order valence-corrected chi connectivity index (χ4v) is 5.10. The van der Waals surface area contributed by atoms with Crippen LogP contribution in [0.15, 0.2) is 36.9 Å². The zero-order valence-electron chi connectivity index (χ0n) is 21.5. The maximum Gasteiger partial charge on any atom is 0.673 e. The Morgan fingerprint density at radius 1 is 0.794 bits per heavy atom. The monoisotopic (exact) mass is 482 g/mol. The molecule has 2 aromatic rings. The van der Waals surface area contributed by atoms with Crippen molar-refractivity contribution in [1.29, 1.82) is 0 Å². The molecule has 34 heavy (non-hydrogen) atoms. The van der Waals surface area contributed by atoms with Crippen molar-refractivity contribution in [3.05, 3.63) is 48.0 Å². The van der Waals surface area contributed by atoms with Crippen LogP contribution < -0.4 is 4.57 Å². The summed E-state index contributed by atoms with van der Waals surface area (Å²) in [5.74, 6) is 1.09. The van der Waals surface area contributed by atoms with E-state index in [1.165, 1.54) is 87.4 Å². The molecule has 0 spiro atoms. The lowest BCUT2D eigenvalue weighted by Gasteiger charge is -2.18. The lowest BCUT2D eigenvalue weighted by atomic mass is 9.89. The van der Waals surface area contributed by atoms with Gasteiger partial charge in [0, 0.05) is 5.56 Å². The molecule has 1 aromatic carbocycles. The fourth-order valence-electron chi connectivity index (χ4n) is 5.10. The Bertz CT molecular complexity index is 827. The molecule has 1 saturated carbocycles. The van der Waals surface area contributed by atoms with Gasteiger partial charge in [-0.1, -0.05) is 84.8 Å². The van der Waals surface area contributed by atoms with Crippen molar-refractivity contribution in [3.8, 4) is 5.69 Å². The third kappa shape index (κ3) is 9.83. The van der Waals surface area contributed by atoms with E-state index in [0.717, 1.165) is 0 Å². The van der Waals surface area contributed by atoms with Crippen molar-refractivity contribution in [2.75, 3.05) is 0 Å². The molecular formula is C27H43BF4N2. The highest BCUT2D eigenvalue weighted by molar-refractivity contribution is 6.50. The van der Waals surface area contributed by atoms with Crippen molar-refractivity contribution >= 4 is 7.25 Å². The Balaban J connectivity index is 0.000000739. The summed E-state index contributed by atoms with van der Waals surface area (Å²) in [5, 5.41) is 0. The van der Waals surface area contributed by atoms with E-state index in [0.29, 0.717) is 17.9 Å². The molecule has 1 aliphatic carbocycles. The predicted octanol–water partition coefficient (Wildman–Crippen LogP) is 9.16. The van der Waals surface area contributed by atoms with Crippen LogP contribution in [0.1, 0.15) is 127 Å². The smallest absolute Gasteiger partial charge is 0.418 e. The van der Waals surface area contributed by atoms with E-state index >= 15 is 0 Å². The molecule has 0 N–H and O–H groups in total. The lowest BCUT2D eigenvalue weighted by molar-refractivity contribution is -0.723. The number of rotatable bonds is 4. The first-order chi connectivity index (χ1) is 16.1. The summed E-state index contributed by atoms with van der Waals surface area (Å²) < 4.78 is 43.9. The Kier molecular flexibility index (Phi) is 11.7. The van der Waals surface area contributed by atoms with E-state index in [1.807, 2.05) is 0 Å². The van der Waals surface area contributed by atoms with Gasteiger partial charge in [-0.2, -0.15) is 0 Å². The first-order valence-corrected chi connectivity index (χ1v) is 13.2. The molecule has 3 rings (SSSR count). The Morgan fingerprint density at radius 3 is 1.76 bits per heavy atom. The molecule has 0 unspecified atom stereocenters. The average molecular weight is 482 g/mol. The first-order valence-electron chi connectivity index (χ1n) is 13.2. The molecule has 0 bridgehead atoms. The molecule has 1 aliphatic rings. The minimum atomic E-state index is -6.00. The van der Waals surface area contributed by atoms with Gasteiger partial charge in [-0.05, 0) is 49.1 Å². The Morgan fingerprint density at radius 2 is 1.29 bits per heavy atom. The van der Waals surface area contributed by atoms with Gasteiger partial charge in [0.1, 0.15) is 24.1 Å². The maximum atomic E-state index is 9.75. The number of hydrogen-bond acceptors (Lipinski definition) is 0. The summed E-state index contributed by atoms with van der Waals surface area (Å²) in [4.78, 5) is 0. The van der Waals surface area contributed by atoms with E-state index < -0.39 is 7.25 Å². The van der Waals surface area contributed by atoms with E-state index in [-0.39, 0.29) is 0 Å². The summed E-state index contributed by atoms with van der Waals surface area (Å²) in [6, 6.07) is 7.50. The van der Waals surface area contributed by atoms with Crippen molar-refractivity contribution in [2.45, 2.75) is 116 Å². The van der Waals surface area contributed by atoms with Crippen LogP contribution in [0.25, 0.3) is 5.69 Å². The number of imidazole rings is 1. The maximum absolute atomic E-state index is 9.75. The molecule has 0 amide bonds. The third-order valence-corrected chi connectivity index (χ3v) is 6.75. The van der Waals surface area contributed by atoms with Gasteiger partial charge in [0.25, 0.3) is 0 Å². The highest BCUT2D eigenvalue weighted by Gasteiger charge is 2.22. The van der Waals surface area contributed by atoms with Gasteiger partial charge in [0.2, 0.25) is 6.33 Å². The van der Waals surface area contributed by atoms with E-state index in [2.05, 4.69) is 73.7 Å². The fraction of sp³-hybridized carbons (Fsp3) is 0.667. The molecule has 1 fully saturated rings. The van der Waals surface area contributed by atoms with Crippen LogP contribution in [0.2, 0.25) is 0 Å². The van der Waals surface area contributed by atoms with Crippen LogP contribution in [-0.4, -0.2) is 11.8 Å². The summed E-state index contributed by atoms with van der Waals surface area (Å²) in [6.07, 6.45) is 22.4. The molecule has 0 saturated heterocycles. The second-order valence-corrected chi connectivity index (χ2v) is 10.3. The first kappa shape index (κ1) is 28.5. The molecule has 1 heterocycles. The van der Waals surface area contributed by atoms with Gasteiger partial charge < -0.3 is 17.3 Å². The molecule has 192 valence electrons. The van der Waals surface area contributed by atoms with E-state index in [1.54, 1.807) is 0 Å². The molecule has 1 aromatic heterocycles. The number of nitrogens with zero attached hydrogens (tertiary/aromatic N) is 2. The molecule has 2 nitrogen and oxygen atoms in total. The van der Waals surface area contributed by atoms with Gasteiger partial charge in [-0.25, -0.2) is 9.13 Å². The molecular weight excluding hydrogens is 439 g/mol. The van der Waals surface area contributed by atoms with Crippen LogP contribution >= 0.6 is 0 Å². The van der Waals surface area contributed by atoms with Crippen LogP contribution in [0.3, 0.4) is 0 Å². The van der Waals surface area contributed by atoms with Gasteiger partial charge in [0.05, 0.1) is 0 Å². The Labute approximate surface area is 203 Å². The molecule has 0 aliphatic heterocycles. The second kappa shape index (κ2) is 13.9. The number of benzene rings is 1. The standard InChI is InChI=1S/C27H43N2.BF4/c1-22(2)25-17-14-18-26(27(25)23(3)4)29-20-19-28(21-29)24-15-12-10-8-6-5-7-9-11-13-16-24;2-1(3,4)5/h14,17-24H,5-13,15-16H2,1-4H3;/q+1;-1. The zero-order chi connectivity index (χ0) is 25.1. The van der Waals surface area contributed by atoms with E-state index in [9.17, 15) is 17.3 Å². The predicted molar refractivity (Wildman–Crippen MR) is 134 cm³/mol. The zero-order valence-corrected chi connectivity index (χ0v) is 21.5. The van der Waals surface area contributed by atoms with E-state index in [4.69, 9.17) is 0 Å². The van der Waals surface area contributed by atoms with Gasteiger partial charge >= 0.3 is 7.25 Å². The van der Waals surface area contributed by atoms with Gasteiger partial charge in [-0.3, -0.25) is 0 Å². The average Bonchev–Trinajstić information content (AvgIpc) is 3.22.